The molecule has 0 aromatic heterocycles. The van der Waals surface area contributed by atoms with Crippen LogP contribution in [-0.2, 0) is 0 Å². The van der Waals surface area contributed by atoms with Gasteiger partial charge in [0.05, 0.1) is 0 Å². The van der Waals surface area contributed by atoms with Gasteiger partial charge in [-0.25, -0.2) is 4.39 Å². The summed E-state index contributed by atoms with van der Waals surface area (Å²) < 4.78 is 15.3. The number of hydrogen-bond acceptors (Lipinski definition) is 0. The third kappa shape index (κ3) is 1.08. The Balaban J connectivity index is 2.02. The summed E-state index contributed by atoms with van der Waals surface area (Å²) in [7, 11) is 0. The van der Waals surface area contributed by atoms with Crippen molar-refractivity contribution in [2.24, 2.45) is 23.2 Å². The molecule has 4 bridgehead atoms. The van der Waals surface area contributed by atoms with E-state index in [1.165, 1.54) is 32.1 Å². The second-order valence-corrected chi connectivity index (χ2v) is 6.39. The van der Waals surface area contributed by atoms with Gasteiger partial charge in [0, 0.05) is 5.41 Å². The number of rotatable bonds is 2. The standard InChI is InChI=1S/C14H23F/c1-3-13-8-10-5-11(9-13)7-12(6-10)14(13,15)4-2/h10-12H,3-9H2,1-2H3. The molecule has 3 unspecified atom stereocenters. The summed E-state index contributed by atoms with van der Waals surface area (Å²) in [5, 5.41) is 0. The van der Waals surface area contributed by atoms with Crippen molar-refractivity contribution in [3.63, 3.8) is 0 Å². The molecule has 0 aromatic rings. The average molecular weight is 210 g/mol. The molecule has 0 saturated heterocycles. The lowest BCUT2D eigenvalue weighted by atomic mass is 9.42. The van der Waals surface area contributed by atoms with Crippen molar-refractivity contribution in [3.8, 4) is 0 Å². The molecule has 4 rings (SSSR count). The zero-order valence-corrected chi connectivity index (χ0v) is 10.1. The second-order valence-electron chi connectivity index (χ2n) is 6.39. The largest absolute Gasteiger partial charge is 0.243 e. The molecule has 1 heteroatoms. The third-order valence-electron chi connectivity index (χ3n) is 5.98. The summed E-state index contributed by atoms with van der Waals surface area (Å²) in [6, 6.07) is 0. The van der Waals surface area contributed by atoms with Gasteiger partial charge in [-0.1, -0.05) is 13.8 Å². The van der Waals surface area contributed by atoms with Gasteiger partial charge in [-0.05, 0) is 62.7 Å². The van der Waals surface area contributed by atoms with Crippen LogP contribution < -0.4 is 0 Å². The molecule has 0 radical (unpaired) electrons. The van der Waals surface area contributed by atoms with Crippen molar-refractivity contribution in [2.45, 2.75) is 64.5 Å². The lowest BCUT2D eigenvalue weighted by molar-refractivity contribution is -0.191. The summed E-state index contributed by atoms with van der Waals surface area (Å²) in [6.07, 6.45) is 8.02. The molecule has 4 aliphatic carbocycles. The van der Waals surface area contributed by atoms with Crippen LogP contribution in [0.2, 0.25) is 0 Å². The van der Waals surface area contributed by atoms with Crippen molar-refractivity contribution >= 4 is 0 Å². The maximum absolute atomic E-state index is 15.3. The summed E-state index contributed by atoms with van der Waals surface area (Å²) >= 11 is 0. The van der Waals surface area contributed by atoms with Gasteiger partial charge in [-0.3, -0.25) is 0 Å². The van der Waals surface area contributed by atoms with Crippen LogP contribution in [0.25, 0.3) is 0 Å². The van der Waals surface area contributed by atoms with Gasteiger partial charge in [-0.2, -0.15) is 0 Å². The Morgan fingerprint density at radius 3 is 2.07 bits per heavy atom. The summed E-state index contributed by atoms with van der Waals surface area (Å²) in [5.74, 6) is 2.16. The number of alkyl halides is 1. The van der Waals surface area contributed by atoms with E-state index < -0.39 is 5.67 Å². The molecule has 0 N–H and O–H groups in total. The van der Waals surface area contributed by atoms with Crippen LogP contribution in [0.1, 0.15) is 58.8 Å². The van der Waals surface area contributed by atoms with Crippen LogP contribution in [0.4, 0.5) is 4.39 Å². The van der Waals surface area contributed by atoms with E-state index in [0.29, 0.717) is 5.92 Å². The van der Waals surface area contributed by atoms with E-state index in [4.69, 9.17) is 0 Å². The fourth-order valence-corrected chi connectivity index (χ4v) is 5.48. The summed E-state index contributed by atoms with van der Waals surface area (Å²) in [5.41, 5.74) is -0.730. The van der Waals surface area contributed by atoms with Crippen molar-refractivity contribution in [1.82, 2.24) is 0 Å². The van der Waals surface area contributed by atoms with Gasteiger partial charge in [-0.15, -0.1) is 0 Å². The SMILES string of the molecule is CCC12CC3CC(CC(C3)C1(F)CC)C2. The van der Waals surface area contributed by atoms with E-state index in [0.717, 1.165) is 24.7 Å². The first-order valence-corrected chi connectivity index (χ1v) is 6.82. The number of halogens is 1. The highest BCUT2D eigenvalue weighted by Crippen LogP contribution is 2.68. The Kier molecular flexibility index (Phi) is 2.01. The molecule has 0 amide bonds. The quantitative estimate of drug-likeness (QED) is 0.636. The van der Waals surface area contributed by atoms with E-state index in [1.807, 2.05) is 0 Å². The molecule has 0 aliphatic heterocycles. The Bertz CT molecular complexity index is 259. The molecule has 4 saturated carbocycles. The van der Waals surface area contributed by atoms with Gasteiger partial charge < -0.3 is 0 Å². The highest BCUT2D eigenvalue weighted by Gasteiger charge is 2.64. The van der Waals surface area contributed by atoms with Crippen molar-refractivity contribution in [2.75, 3.05) is 0 Å². The van der Waals surface area contributed by atoms with Crippen LogP contribution in [-0.4, -0.2) is 5.67 Å². The van der Waals surface area contributed by atoms with Crippen LogP contribution in [0, 0.1) is 23.2 Å². The van der Waals surface area contributed by atoms with Crippen LogP contribution in [0.3, 0.4) is 0 Å². The predicted molar refractivity (Wildman–Crippen MR) is 60.4 cm³/mol. The smallest absolute Gasteiger partial charge is 0.119 e. The third-order valence-corrected chi connectivity index (χ3v) is 5.98. The molecule has 3 atom stereocenters. The van der Waals surface area contributed by atoms with Gasteiger partial charge in [0.2, 0.25) is 0 Å². The van der Waals surface area contributed by atoms with Gasteiger partial charge in [0.25, 0.3) is 0 Å². The van der Waals surface area contributed by atoms with E-state index in [2.05, 4.69) is 13.8 Å². The van der Waals surface area contributed by atoms with Crippen LogP contribution in [0.15, 0.2) is 0 Å². The second kappa shape index (κ2) is 2.99. The molecule has 4 aliphatic rings. The molecule has 0 nitrogen and oxygen atoms in total. The number of hydrogen-bond donors (Lipinski definition) is 0. The molecule has 15 heavy (non-hydrogen) atoms. The first-order valence-electron chi connectivity index (χ1n) is 6.82. The van der Waals surface area contributed by atoms with Crippen molar-refractivity contribution < 1.29 is 4.39 Å². The Morgan fingerprint density at radius 2 is 1.60 bits per heavy atom. The topological polar surface area (TPSA) is 0 Å². The maximum atomic E-state index is 15.3. The predicted octanol–water partition coefficient (Wildman–Crippen LogP) is 4.34. The minimum Gasteiger partial charge on any atom is -0.243 e. The normalized spacial score (nSPS) is 57.4. The van der Waals surface area contributed by atoms with Crippen LogP contribution in [0.5, 0.6) is 0 Å². The molecule has 4 fully saturated rings. The first-order chi connectivity index (χ1) is 7.13. The maximum Gasteiger partial charge on any atom is 0.119 e. The molecule has 0 spiro atoms. The van der Waals surface area contributed by atoms with Gasteiger partial charge in [0.1, 0.15) is 5.67 Å². The van der Waals surface area contributed by atoms with E-state index in [9.17, 15) is 0 Å². The fraction of sp³-hybridized carbons (Fsp3) is 1.00. The Hall–Kier alpha value is -0.0700. The Morgan fingerprint density at radius 1 is 1.00 bits per heavy atom. The van der Waals surface area contributed by atoms with Crippen LogP contribution >= 0.6 is 0 Å². The lowest BCUT2D eigenvalue weighted by Gasteiger charge is -2.64. The van der Waals surface area contributed by atoms with E-state index in [1.54, 1.807) is 0 Å². The minimum atomic E-state index is -0.810. The molecule has 0 aromatic carbocycles. The highest BCUT2D eigenvalue weighted by molar-refractivity contribution is 5.13. The lowest BCUT2D eigenvalue weighted by Crippen LogP contribution is -2.61. The van der Waals surface area contributed by atoms with Crippen molar-refractivity contribution in [1.29, 1.82) is 0 Å². The monoisotopic (exact) mass is 210 g/mol. The minimum absolute atomic E-state index is 0.0799. The van der Waals surface area contributed by atoms with Gasteiger partial charge in [0.15, 0.2) is 0 Å². The summed E-state index contributed by atoms with van der Waals surface area (Å²) in [6.45, 7) is 4.29. The first kappa shape index (κ1) is 10.1. The van der Waals surface area contributed by atoms with Crippen molar-refractivity contribution in [3.05, 3.63) is 0 Å². The highest BCUT2D eigenvalue weighted by atomic mass is 19.1. The molecular formula is C14H23F. The zero-order valence-electron chi connectivity index (χ0n) is 10.1. The average Bonchev–Trinajstić information content (AvgIpc) is 2.24. The molecule has 0 heterocycles. The summed E-state index contributed by atoms with van der Waals surface area (Å²) in [4.78, 5) is 0. The van der Waals surface area contributed by atoms with E-state index in [-0.39, 0.29) is 5.41 Å². The molecular weight excluding hydrogens is 187 g/mol. The fourth-order valence-electron chi connectivity index (χ4n) is 5.48. The Labute approximate surface area is 92.6 Å². The van der Waals surface area contributed by atoms with Gasteiger partial charge >= 0.3 is 0 Å². The molecule has 86 valence electrons. The zero-order chi connectivity index (χ0) is 10.7. The van der Waals surface area contributed by atoms with E-state index >= 15 is 4.39 Å².